The molecule has 1 heterocycles. The molecule has 0 aliphatic carbocycles. The zero-order chi connectivity index (χ0) is 14.4. The van der Waals surface area contributed by atoms with E-state index >= 15 is 0 Å². The van der Waals surface area contributed by atoms with Gasteiger partial charge >= 0.3 is 0 Å². The van der Waals surface area contributed by atoms with Gasteiger partial charge in [0.1, 0.15) is 0 Å². The average molecular weight is 299 g/mol. The predicted molar refractivity (Wildman–Crippen MR) is 76.9 cm³/mol. The number of hydrogen-bond acceptors (Lipinski definition) is 4. The van der Waals surface area contributed by atoms with Gasteiger partial charge in [-0.2, -0.15) is 0 Å². The first-order valence-electron chi connectivity index (χ1n) is 6.85. The van der Waals surface area contributed by atoms with E-state index in [0.29, 0.717) is 13.0 Å². The lowest BCUT2D eigenvalue weighted by Crippen LogP contribution is -2.42. The van der Waals surface area contributed by atoms with E-state index in [0.717, 1.165) is 18.4 Å². The van der Waals surface area contributed by atoms with Gasteiger partial charge in [-0.1, -0.05) is 30.3 Å². The van der Waals surface area contributed by atoms with Crippen LogP contribution >= 0.6 is 0 Å². The van der Waals surface area contributed by atoms with Crippen LogP contribution in [0.3, 0.4) is 0 Å². The van der Waals surface area contributed by atoms with Crippen molar-refractivity contribution in [2.45, 2.75) is 31.4 Å². The summed E-state index contributed by atoms with van der Waals surface area (Å²) in [6.07, 6.45) is 1.95. The molecule has 112 valence electrons. The van der Waals surface area contributed by atoms with Crippen LogP contribution in [-0.4, -0.2) is 44.6 Å². The highest BCUT2D eigenvalue weighted by Gasteiger charge is 2.25. The molecule has 2 atom stereocenters. The van der Waals surface area contributed by atoms with E-state index in [2.05, 4.69) is 4.72 Å². The standard InChI is InChI=1S/C14H21NO4S/c16-10-13(9-12-5-2-1-3-6-12)15-20(17,18)11-14-7-4-8-19-14/h1-3,5-6,13-16H,4,7-11H2/t13-,14?/m1/s1. The molecule has 0 amide bonds. The van der Waals surface area contributed by atoms with Crippen LogP contribution in [0.1, 0.15) is 18.4 Å². The molecule has 20 heavy (non-hydrogen) atoms. The number of hydrogen-bond donors (Lipinski definition) is 2. The van der Waals surface area contributed by atoms with Crippen LogP contribution in [0.15, 0.2) is 30.3 Å². The minimum Gasteiger partial charge on any atom is -0.395 e. The van der Waals surface area contributed by atoms with Gasteiger partial charge in [0.15, 0.2) is 0 Å². The van der Waals surface area contributed by atoms with Gasteiger partial charge in [-0.05, 0) is 24.8 Å². The third-order valence-corrected chi connectivity index (χ3v) is 4.82. The Bertz CT molecular complexity index is 497. The van der Waals surface area contributed by atoms with E-state index < -0.39 is 16.1 Å². The van der Waals surface area contributed by atoms with E-state index in [1.165, 1.54) is 0 Å². The molecule has 1 aromatic rings. The van der Waals surface area contributed by atoms with Gasteiger partial charge in [-0.3, -0.25) is 0 Å². The third-order valence-electron chi connectivity index (χ3n) is 3.32. The molecule has 0 bridgehead atoms. The van der Waals surface area contributed by atoms with E-state index in [4.69, 9.17) is 4.74 Å². The Kier molecular flexibility index (Phi) is 5.54. The third kappa shape index (κ3) is 4.86. The van der Waals surface area contributed by atoms with Crippen LogP contribution in [-0.2, 0) is 21.2 Å². The molecule has 0 aromatic heterocycles. The van der Waals surface area contributed by atoms with Crippen LogP contribution in [0.5, 0.6) is 0 Å². The lowest BCUT2D eigenvalue weighted by Gasteiger charge is -2.18. The van der Waals surface area contributed by atoms with Crippen LogP contribution in [0.4, 0.5) is 0 Å². The normalized spacial score (nSPS) is 20.9. The zero-order valence-corrected chi connectivity index (χ0v) is 12.2. The van der Waals surface area contributed by atoms with Crippen molar-refractivity contribution in [3.05, 3.63) is 35.9 Å². The Morgan fingerprint density at radius 2 is 2.10 bits per heavy atom. The lowest BCUT2D eigenvalue weighted by molar-refractivity contribution is 0.127. The number of rotatable bonds is 7. The molecule has 1 aromatic carbocycles. The monoisotopic (exact) mass is 299 g/mol. The van der Waals surface area contributed by atoms with Gasteiger partial charge in [0.25, 0.3) is 0 Å². The highest BCUT2D eigenvalue weighted by molar-refractivity contribution is 7.89. The number of nitrogens with one attached hydrogen (secondary N) is 1. The second-order valence-electron chi connectivity index (χ2n) is 5.10. The maximum absolute atomic E-state index is 12.0. The summed E-state index contributed by atoms with van der Waals surface area (Å²) in [6, 6.07) is 9.02. The first kappa shape index (κ1) is 15.4. The Hall–Kier alpha value is -0.950. The molecule has 1 unspecified atom stereocenters. The fraction of sp³-hybridized carbons (Fsp3) is 0.571. The van der Waals surface area contributed by atoms with Crippen molar-refractivity contribution in [1.82, 2.24) is 4.72 Å². The SMILES string of the molecule is O=S(=O)(CC1CCCO1)N[C@@H](CO)Cc1ccccc1. The maximum Gasteiger partial charge on any atom is 0.214 e. The Labute approximate surface area is 120 Å². The summed E-state index contributed by atoms with van der Waals surface area (Å²) in [5, 5.41) is 9.35. The number of aliphatic hydroxyl groups excluding tert-OH is 1. The summed E-state index contributed by atoms with van der Waals surface area (Å²) in [7, 11) is -3.43. The molecule has 0 saturated carbocycles. The molecule has 5 nitrogen and oxygen atoms in total. The van der Waals surface area contributed by atoms with Crippen molar-refractivity contribution >= 4 is 10.0 Å². The quantitative estimate of drug-likeness (QED) is 0.777. The van der Waals surface area contributed by atoms with Crippen molar-refractivity contribution in [1.29, 1.82) is 0 Å². The van der Waals surface area contributed by atoms with Gasteiger partial charge in [0.05, 0.1) is 18.5 Å². The fourth-order valence-electron chi connectivity index (χ4n) is 2.36. The van der Waals surface area contributed by atoms with Gasteiger partial charge in [0.2, 0.25) is 10.0 Å². The molecule has 0 radical (unpaired) electrons. The first-order valence-corrected chi connectivity index (χ1v) is 8.50. The zero-order valence-electron chi connectivity index (χ0n) is 11.4. The van der Waals surface area contributed by atoms with Crippen LogP contribution in [0.2, 0.25) is 0 Å². The highest BCUT2D eigenvalue weighted by atomic mass is 32.2. The molecule has 1 aliphatic rings. The minimum absolute atomic E-state index is 0.0295. The molecule has 1 saturated heterocycles. The number of aliphatic hydroxyl groups is 1. The molecule has 2 N–H and O–H groups in total. The summed E-state index contributed by atoms with van der Waals surface area (Å²) < 4.78 is 32.0. The molecular weight excluding hydrogens is 278 g/mol. The van der Waals surface area contributed by atoms with E-state index in [9.17, 15) is 13.5 Å². The number of ether oxygens (including phenoxy) is 1. The Morgan fingerprint density at radius 1 is 1.35 bits per heavy atom. The fourth-order valence-corrected chi connectivity index (χ4v) is 3.88. The molecule has 6 heteroatoms. The van der Waals surface area contributed by atoms with Crippen molar-refractivity contribution in [2.75, 3.05) is 19.0 Å². The second-order valence-corrected chi connectivity index (χ2v) is 6.90. The van der Waals surface area contributed by atoms with Crippen molar-refractivity contribution < 1.29 is 18.3 Å². The van der Waals surface area contributed by atoms with Crippen LogP contribution in [0.25, 0.3) is 0 Å². The molecular formula is C14H21NO4S. The second kappa shape index (κ2) is 7.17. The van der Waals surface area contributed by atoms with Crippen LogP contribution in [0, 0.1) is 0 Å². The smallest absolute Gasteiger partial charge is 0.214 e. The minimum atomic E-state index is -3.43. The summed E-state index contributed by atoms with van der Waals surface area (Å²) in [6.45, 7) is 0.410. The maximum atomic E-state index is 12.0. The van der Waals surface area contributed by atoms with Gasteiger partial charge in [0, 0.05) is 12.6 Å². The summed E-state index contributed by atoms with van der Waals surface area (Å²) in [5.74, 6) is -0.0295. The average Bonchev–Trinajstić information content (AvgIpc) is 2.91. The van der Waals surface area contributed by atoms with Crippen molar-refractivity contribution in [3.8, 4) is 0 Å². The predicted octanol–water partition coefficient (Wildman–Crippen LogP) is 0.688. The largest absolute Gasteiger partial charge is 0.395 e. The van der Waals surface area contributed by atoms with Crippen molar-refractivity contribution in [2.24, 2.45) is 0 Å². The van der Waals surface area contributed by atoms with E-state index in [1.54, 1.807) is 0 Å². The topological polar surface area (TPSA) is 75.6 Å². The summed E-state index contributed by atoms with van der Waals surface area (Å²) in [5.41, 5.74) is 0.992. The number of benzene rings is 1. The molecule has 0 spiro atoms. The summed E-state index contributed by atoms with van der Waals surface area (Å²) >= 11 is 0. The Balaban J connectivity index is 1.91. The van der Waals surface area contributed by atoms with Gasteiger partial charge < -0.3 is 9.84 Å². The van der Waals surface area contributed by atoms with Crippen LogP contribution < -0.4 is 4.72 Å². The summed E-state index contributed by atoms with van der Waals surface area (Å²) in [4.78, 5) is 0. The van der Waals surface area contributed by atoms with Gasteiger partial charge in [-0.25, -0.2) is 13.1 Å². The van der Waals surface area contributed by atoms with E-state index in [1.807, 2.05) is 30.3 Å². The molecule has 1 fully saturated rings. The first-order chi connectivity index (χ1) is 9.59. The van der Waals surface area contributed by atoms with Crippen molar-refractivity contribution in [3.63, 3.8) is 0 Å². The highest BCUT2D eigenvalue weighted by Crippen LogP contribution is 2.14. The lowest BCUT2D eigenvalue weighted by atomic mass is 10.1. The Morgan fingerprint density at radius 3 is 2.70 bits per heavy atom. The van der Waals surface area contributed by atoms with Gasteiger partial charge in [-0.15, -0.1) is 0 Å². The molecule has 2 rings (SSSR count). The molecule has 1 aliphatic heterocycles. The van der Waals surface area contributed by atoms with E-state index in [-0.39, 0.29) is 18.5 Å². The number of sulfonamides is 1.